The van der Waals surface area contributed by atoms with Gasteiger partial charge in [-0.15, -0.1) is 11.3 Å². The van der Waals surface area contributed by atoms with Gasteiger partial charge >= 0.3 is 0 Å². The van der Waals surface area contributed by atoms with Crippen molar-refractivity contribution in [3.63, 3.8) is 0 Å². The fourth-order valence-electron chi connectivity index (χ4n) is 2.94. The van der Waals surface area contributed by atoms with Crippen LogP contribution in [0.15, 0.2) is 74.6 Å². The Morgan fingerprint density at radius 3 is 2.79 bits per heavy atom. The maximum absolute atomic E-state index is 12.2. The first-order valence-corrected chi connectivity index (χ1v) is 13.0. The molecular formula is C24H19BrClN3O3S2. The first-order valence-electron chi connectivity index (χ1n) is 10.1. The minimum Gasteiger partial charge on any atom is -0.493 e. The highest BCUT2D eigenvalue weighted by Gasteiger charge is 2.12. The third-order valence-electron chi connectivity index (χ3n) is 4.55. The minimum absolute atomic E-state index is 0.213. The van der Waals surface area contributed by atoms with E-state index in [-0.39, 0.29) is 11.7 Å². The Labute approximate surface area is 218 Å². The lowest BCUT2D eigenvalue weighted by molar-refractivity contribution is -0.118. The number of hydrogen-bond acceptors (Lipinski definition) is 7. The van der Waals surface area contributed by atoms with Crippen LogP contribution in [0.2, 0.25) is 5.02 Å². The van der Waals surface area contributed by atoms with E-state index in [0.717, 1.165) is 25.7 Å². The van der Waals surface area contributed by atoms with Gasteiger partial charge in [0, 0.05) is 5.02 Å². The summed E-state index contributed by atoms with van der Waals surface area (Å²) in [7, 11) is 1.57. The van der Waals surface area contributed by atoms with Crippen molar-refractivity contribution in [1.29, 1.82) is 0 Å². The Balaban J connectivity index is 1.33. The molecule has 1 N–H and O–H groups in total. The van der Waals surface area contributed by atoms with Crippen LogP contribution in [0.1, 0.15) is 11.1 Å². The number of para-hydroxylation sites is 1. The van der Waals surface area contributed by atoms with Gasteiger partial charge in [0.1, 0.15) is 6.61 Å². The van der Waals surface area contributed by atoms with E-state index in [2.05, 4.69) is 31.4 Å². The van der Waals surface area contributed by atoms with Crippen molar-refractivity contribution in [3.05, 3.63) is 81.3 Å². The molecule has 1 heterocycles. The standard InChI is InChI=1S/C24H19BrClN3O3S2/c1-31-20-11-16(10-18(25)23(20)32-13-15-6-8-17(26)9-7-15)12-27-29-22(30)14-33-24-28-19-4-2-3-5-21(19)34-24/h2-12H,13-14H2,1H3,(H,29,30)/b27-12-. The monoisotopic (exact) mass is 575 g/mol. The number of halogens is 2. The number of thiazole rings is 1. The number of amides is 1. The number of nitrogens with one attached hydrogen (secondary N) is 1. The predicted octanol–water partition coefficient (Wildman–Crippen LogP) is 6.54. The fraction of sp³-hybridized carbons (Fsp3) is 0.125. The maximum atomic E-state index is 12.2. The molecule has 34 heavy (non-hydrogen) atoms. The van der Waals surface area contributed by atoms with Crippen LogP contribution in [0.25, 0.3) is 10.2 Å². The van der Waals surface area contributed by atoms with E-state index in [0.29, 0.717) is 27.6 Å². The second kappa shape index (κ2) is 11.7. The van der Waals surface area contributed by atoms with Crippen molar-refractivity contribution in [2.45, 2.75) is 10.9 Å². The Bertz CT molecular complexity index is 1300. The van der Waals surface area contributed by atoms with Gasteiger partial charge < -0.3 is 9.47 Å². The van der Waals surface area contributed by atoms with E-state index < -0.39 is 0 Å². The van der Waals surface area contributed by atoms with Gasteiger partial charge in [0.2, 0.25) is 0 Å². The second-order valence-corrected chi connectivity index (χ2v) is 10.5. The summed E-state index contributed by atoms with van der Waals surface area (Å²) in [6.45, 7) is 0.363. The summed E-state index contributed by atoms with van der Waals surface area (Å²) in [5.74, 6) is 1.13. The molecule has 10 heteroatoms. The highest BCUT2D eigenvalue weighted by molar-refractivity contribution is 9.10. The van der Waals surface area contributed by atoms with Crippen molar-refractivity contribution in [2.75, 3.05) is 12.9 Å². The van der Waals surface area contributed by atoms with Crippen LogP contribution in [0, 0.1) is 0 Å². The van der Waals surface area contributed by atoms with Crippen molar-refractivity contribution >= 4 is 73.0 Å². The topological polar surface area (TPSA) is 72.8 Å². The van der Waals surface area contributed by atoms with Gasteiger partial charge in [0.15, 0.2) is 15.8 Å². The second-order valence-electron chi connectivity index (χ2n) is 6.98. The lowest BCUT2D eigenvalue weighted by Crippen LogP contribution is -2.19. The summed E-state index contributed by atoms with van der Waals surface area (Å²) in [6, 6.07) is 19.0. The summed E-state index contributed by atoms with van der Waals surface area (Å²) >= 11 is 12.4. The van der Waals surface area contributed by atoms with Crippen molar-refractivity contribution < 1.29 is 14.3 Å². The number of methoxy groups -OCH3 is 1. The van der Waals surface area contributed by atoms with Gasteiger partial charge in [-0.2, -0.15) is 5.10 Å². The zero-order valence-electron chi connectivity index (χ0n) is 18.0. The molecule has 1 aromatic heterocycles. The van der Waals surface area contributed by atoms with Gasteiger partial charge in [-0.25, -0.2) is 10.4 Å². The number of rotatable bonds is 9. The van der Waals surface area contributed by atoms with Crippen molar-refractivity contribution in [3.8, 4) is 11.5 Å². The lowest BCUT2D eigenvalue weighted by Gasteiger charge is -2.13. The number of thioether (sulfide) groups is 1. The molecule has 4 rings (SSSR count). The molecule has 0 aliphatic carbocycles. The Kier molecular flexibility index (Phi) is 8.44. The van der Waals surface area contributed by atoms with Crippen LogP contribution in [-0.4, -0.2) is 30.0 Å². The Morgan fingerprint density at radius 1 is 1.24 bits per heavy atom. The van der Waals surface area contributed by atoms with Crippen molar-refractivity contribution in [1.82, 2.24) is 10.4 Å². The molecular weight excluding hydrogens is 558 g/mol. The molecule has 0 fully saturated rings. The number of hydrazone groups is 1. The first kappa shape index (κ1) is 24.5. The average molecular weight is 577 g/mol. The molecule has 6 nitrogen and oxygen atoms in total. The predicted molar refractivity (Wildman–Crippen MR) is 143 cm³/mol. The van der Waals surface area contributed by atoms with Crippen LogP contribution in [0.3, 0.4) is 0 Å². The lowest BCUT2D eigenvalue weighted by atomic mass is 10.2. The number of benzene rings is 3. The zero-order valence-corrected chi connectivity index (χ0v) is 21.9. The Morgan fingerprint density at radius 2 is 2.03 bits per heavy atom. The molecule has 0 saturated carbocycles. The normalized spacial score (nSPS) is 11.1. The van der Waals surface area contributed by atoms with Crippen LogP contribution < -0.4 is 14.9 Å². The molecule has 3 aromatic carbocycles. The van der Waals surface area contributed by atoms with E-state index in [9.17, 15) is 4.79 Å². The smallest absolute Gasteiger partial charge is 0.250 e. The molecule has 0 aliphatic heterocycles. The fourth-order valence-corrected chi connectivity index (χ4v) is 5.50. The molecule has 0 aliphatic rings. The number of nitrogens with zero attached hydrogens (tertiary/aromatic N) is 2. The van der Waals surface area contributed by atoms with Gasteiger partial charge in [-0.1, -0.05) is 47.6 Å². The minimum atomic E-state index is -0.213. The molecule has 0 spiro atoms. The van der Waals surface area contributed by atoms with E-state index in [4.69, 9.17) is 21.1 Å². The number of aromatic nitrogens is 1. The average Bonchev–Trinajstić information content (AvgIpc) is 3.26. The SMILES string of the molecule is COc1cc(/C=N\NC(=O)CSc2nc3ccccc3s2)cc(Br)c1OCc1ccc(Cl)cc1. The highest BCUT2D eigenvalue weighted by atomic mass is 79.9. The number of carbonyl (C=O) groups is 1. The number of fused-ring (bicyclic) bond motifs is 1. The third-order valence-corrected chi connectivity index (χ3v) is 7.57. The summed E-state index contributed by atoms with van der Waals surface area (Å²) < 4.78 is 14.1. The highest BCUT2D eigenvalue weighted by Crippen LogP contribution is 2.37. The van der Waals surface area contributed by atoms with Gasteiger partial charge in [0.25, 0.3) is 5.91 Å². The molecule has 0 unspecified atom stereocenters. The number of hydrogen-bond donors (Lipinski definition) is 1. The molecule has 0 bridgehead atoms. The van der Waals surface area contributed by atoms with Crippen LogP contribution in [0.4, 0.5) is 0 Å². The number of carbonyl (C=O) groups excluding carboxylic acids is 1. The van der Waals surface area contributed by atoms with E-state index in [1.54, 1.807) is 30.7 Å². The van der Waals surface area contributed by atoms with E-state index in [1.807, 2.05) is 54.6 Å². The molecule has 4 aromatic rings. The summed E-state index contributed by atoms with van der Waals surface area (Å²) in [5, 5.41) is 4.73. The largest absolute Gasteiger partial charge is 0.493 e. The molecule has 174 valence electrons. The van der Waals surface area contributed by atoms with Crippen LogP contribution in [0.5, 0.6) is 11.5 Å². The number of ether oxygens (including phenoxy) is 2. The van der Waals surface area contributed by atoms with Gasteiger partial charge in [0.05, 0.1) is 33.8 Å². The Hall–Kier alpha value is -2.59. The van der Waals surface area contributed by atoms with Gasteiger partial charge in [-0.3, -0.25) is 4.79 Å². The quantitative estimate of drug-likeness (QED) is 0.139. The third kappa shape index (κ3) is 6.50. The van der Waals surface area contributed by atoms with Crippen LogP contribution >= 0.6 is 50.6 Å². The molecule has 0 radical (unpaired) electrons. The molecule has 0 atom stereocenters. The van der Waals surface area contributed by atoms with Crippen LogP contribution in [-0.2, 0) is 11.4 Å². The molecule has 1 amide bonds. The van der Waals surface area contributed by atoms with E-state index in [1.165, 1.54) is 11.8 Å². The summed E-state index contributed by atoms with van der Waals surface area (Å²) in [6.07, 6.45) is 1.55. The van der Waals surface area contributed by atoms with Crippen molar-refractivity contribution in [2.24, 2.45) is 5.10 Å². The molecule has 0 saturated heterocycles. The summed E-state index contributed by atoms with van der Waals surface area (Å²) in [4.78, 5) is 16.7. The van der Waals surface area contributed by atoms with E-state index >= 15 is 0 Å². The van der Waals surface area contributed by atoms with Gasteiger partial charge in [-0.05, 0) is 63.5 Å². The maximum Gasteiger partial charge on any atom is 0.250 e. The zero-order chi connectivity index (χ0) is 23.9. The summed E-state index contributed by atoms with van der Waals surface area (Å²) in [5.41, 5.74) is 5.20. The first-order chi connectivity index (χ1) is 16.5.